The van der Waals surface area contributed by atoms with Crippen LogP contribution >= 0.6 is 0 Å². The molecule has 0 saturated heterocycles. The van der Waals surface area contributed by atoms with Crippen molar-refractivity contribution in [1.82, 2.24) is 0 Å². The fourth-order valence-corrected chi connectivity index (χ4v) is 5.15. The Morgan fingerprint density at radius 1 is 0.875 bits per heavy atom. The molecule has 3 rings (SSSR count). The maximum absolute atomic E-state index is 7.02. The number of allylic oxidation sites excluding steroid dienone is 1. The number of rotatable bonds is 5. The third kappa shape index (κ3) is 3.55. The van der Waals surface area contributed by atoms with Crippen LogP contribution in [0.4, 0.5) is 0 Å². The second-order valence-corrected chi connectivity index (χ2v) is 12.1. The summed E-state index contributed by atoms with van der Waals surface area (Å²) in [5.41, 5.74) is 2.16. The Labute approximate surface area is 147 Å². The van der Waals surface area contributed by atoms with Crippen LogP contribution in [0.3, 0.4) is 0 Å². The van der Waals surface area contributed by atoms with Crippen molar-refractivity contribution in [2.24, 2.45) is 5.92 Å². The Hall–Kier alpha value is -1.64. The normalized spacial score (nSPS) is 18.5. The van der Waals surface area contributed by atoms with Crippen LogP contribution in [0.25, 0.3) is 0 Å². The van der Waals surface area contributed by atoms with Gasteiger partial charge in [0.25, 0.3) is 0 Å². The largest absolute Gasteiger partial charge is 0.403 e. The molecule has 1 unspecified atom stereocenters. The smallest absolute Gasteiger partial charge is 0.185 e. The second kappa shape index (κ2) is 7.08. The monoisotopic (exact) mass is 336 g/mol. The summed E-state index contributed by atoms with van der Waals surface area (Å²) < 4.78 is 7.02. The highest BCUT2D eigenvalue weighted by Gasteiger charge is 2.45. The Morgan fingerprint density at radius 2 is 1.42 bits per heavy atom. The van der Waals surface area contributed by atoms with Crippen molar-refractivity contribution < 1.29 is 4.43 Å². The highest BCUT2D eigenvalue weighted by atomic mass is 28.4. The molecule has 2 aromatic rings. The first-order chi connectivity index (χ1) is 11.5. The summed E-state index contributed by atoms with van der Waals surface area (Å²) in [6, 6.07) is 21.6. The van der Waals surface area contributed by atoms with Gasteiger partial charge in [0.05, 0.1) is 0 Å². The lowest BCUT2D eigenvalue weighted by atomic mass is 9.72. The zero-order valence-electron chi connectivity index (χ0n) is 15.0. The summed E-state index contributed by atoms with van der Waals surface area (Å²) in [5.74, 6) is 0.378. The van der Waals surface area contributed by atoms with E-state index in [0.29, 0.717) is 5.92 Å². The topological polar surface area (TPSA) is 9.23 Å². The minimum absolute atomic E-state index is 0.378. The molecular weight excluding hydrogens is 308 g/mol. The predicted octanol–water partition coefficient (Wildman–Crippen LogP) is 6.14. The maximum Gasteiger partial charge on any atom is 0.185 e. The molecule has 1 nitrogen and oxygen atoms in total. The fourth-order valence-electron chi connectivity index (χ4n) is 3.79. The van der Waals surface area contributed by atoms with Gasteiger partial charge < -0.3 is 4.43 Å². The van der Waals surface area contributed by atoms with Gasteiger partial charge in [0, 0.05) is 5.92 Å². The van der Waals surface area contributed by atoms with E-state index in [1.165, 1.54) is 30.4 Å². The van der Waals surface area contributed by atoms with Crippen LogP contribution in [0, 0.1) is 5.92 Å². The van der Waals surface area contributed by atoms with Gasteiger partial charge in [0.15, 0.2) is 8.32 Å². The van der Waals surface area contributed by atoms with Crippen LogP contribution < -0.4 is 0 Å². The van der Waals surface area contributed by atoms with E-state index >= 15 is 0 Å². The van der Waals surface area contributed by atoms with Gasteiger partial charge >= 0.3 is 0 Å². The molecule has 24 heavy (non-hydrogen) atoms. The van der Waals surface area contributed by atoms with Crippen LogP contribution in [0.15, 0.2) is 72.8 Å². The van der Waals surface area contributed by atoms with Crippen LogP contribution in [0.5, 0.6) is 0 Å². The highest BCUT2D eigenvalue weighted by Crippen LogP contribution is 2.46. The highest BCUT2D eigenvalue weighted by molar-refractivity contribution is 6.69. The molecule has 0 radical (unpaired) electrons. The molecule has 0 aliphatic heterocycles. The van der Waals surface area contributed by atoms with Crippen molar-refractivity contribution in [3.05, 3.63) is 83.9 Å². The lowest BCUT2D eigenvalue weighted by molar-refractivity contribution is 0.0498. The molecule has 0 heterocycles. The van der Waals surface area contributed by atoms with Crippen molar-refractivity contribution in [3.8, 4) is 0 Å². The van der Waals surface area contributed by atoms with E-state index in [4.69, 9.17) is 4.43 Å². The number of hydrogen-bond acceptors (Lipinski definition) is 1. The molecule has 0 bridgehead atoms. The van der Waals surface area contributed by atoms with Gasteiger partial charge in [-0.3, -0.25) is 0 Å². The molecule has 2 heteroatoms. The summed E-state index contributed by atoms with van der Waals surface area (Å²) in [6.07, 6.45) is 8.32. The Morgan fingerprint density at radius 3 is 1.83 bits per heavy atom. The van der Waals surface area contributed by atoms with E-state index in [-0.39, 0.29) is 5.60 Å². The molecule has 1 aliphatic rings. The first-order valence-electron chi connectivity index (χ1n) is 9.00. The minimum atomic E-state index is -1.78. The van der Waals surface area contributed by atoms with Gasteiger partial charge in [-0.05, 0) is 50.0 Å². The van der Waals surface area contributed by atoms with Crippen LogP contribution in [-0.2, 0) is 10.0 Å². The van der Waals surface area contributed by atoms with E-state index in [2.05, 4.69) is 92.5 Å². The van der Waals surface area contributed by atoms with Crippen molar-refractivity contribution in [3.63, 3.8) is 0 Å². The molecule has 0 fully saturated rings. The van der Waals surface area contributed by atoms with E-state index in [1.807, 2.05) is 0 Å². The SMILES string of the molecule is C[Si](C)(C)OC(c1ccccc1)(c1ccccc1)C1C=CCCC1. The second-order valence-electron chi connectivity index (χ2n) is 7.65. The average Bonchev–Trinajstić information content (AvgIpc) is 2.61. The minimum Gasteiger partial charge on any atom is -0.403 e. The lowest BCUT2D eigenvalue weighted by Crippen LogP contribution is -2.46. The Kier molecular flexibility index (Phi) is 5.07. The van der Waals surface area contributed by atoms with Gasteiger partial charge in [0.1, 0.15) is 5.60 Å². The Balaban J connectivity index is 2.23. The van der Waals surface area contributed by atoms with Gasteiger partial charge in [-0.15, -0.1) is 0 Å². The summed E-state index contributed by atoms with van der Waals surface area (Å²) in [4.78, 5) is 0. The predicted molar refractivity (Wildman–Crippen MR) is 105 cm³/mol. The Bertz CT molecular complexity index is 631. The summed E-state index contributed by atoms with van der Waals surface area (Å²) in [6.45, 7) is 6.88. The zero-order chi connectivity index (χ0) is 17.0. The molecule has 0 N–H and O–H groups in total. The average molecular weight is 337 g/mol. The van der Waals surface area contributed by atoms with E-state index in [1.54, 1.807) is 0 Å². The van der Waals surface area contributed by atoms with Crippen molar-refractivity contribution in [2.45, 2.75) is 44.5 Å². The molecule has 126 valence electrons. The van der Waals surface area contributed by atoms with Crippen molar-refractivity contribution >= 4 is 8.32 Å². The zero-order valence-corrected chi connectivity index (χ0v) is 16.0. The quantitative estimate of drug-likeness (QED) is 0.471. The molecule has 0 aromatic heterocycles. The lowest BCUT2D eigenvalue weighted by Gasteiger charge is -2.45. The molecule has 0 saturated carbocycles. The standard InChI is InChI=1S/C22H28OSi/c1-24(2,3)23-22(19-13-7-4-8-14-19,20-15-9-5-10-16-20)21-17-11-6-12-18-21/h4-5,7-11,13-17,21H,6,12,18H2,1-3H3. The van der Waals surface area contributed by atoms with Crippen LogP contribution in [0.1, 0.15) is 30.4 Å². The van der Waals surface area contributed by atoms with E-state index in [9.17, 15) is 0 Å². The molecule has 0 amide bonds. The summed E-state index contributed by atoms with van der Waals surface area (Å²) >= 11 is 0. The molecule has 0 spiro atoms. The first kappa shape index (κ1) is 17.2. The van der Waals surface area contributed by atoms with Crippen molar-refractivity contribution in [2.75, 3.05) is 0 Å². The molecule has 1 atom stereocenters. The molecule has 1 aliphatic carbocycles. The summed E-state index contributed by atoms with van der Waals surface area (Å²) in [5, 5.41) is 0. The first-order valence-corrected chi connectivity index (χ1v) is 12.4. The number of hydrogen-bond donors (Lipinski definition) is 0. The van der Waals surface area contributed by atoms with Gasteiger partial charge in [-0.2, -0.15) is 0 Å². The van der Waals surface area contributed by atoms with Gasteiger partial charge in [0.2, 0.25) is 0 Å². The number of benzene rings is 2. The third-order valence-electron chi connectivity index (χ3n) is 4.65. The van der Waals surface area contributed by atoms with Crippen molar-refractivity contribution in [1.29, 1.82) is 0 Å². The van der Waals surface area contributed by atoms with E-state index in [0.717, 1.165) is 0 Å². The van der Waals surface area contributed by atoms with Crippen LogP contribution in [0.2, 0.25) is 19.6 Å². The van der Waals surface area contributed by atoms with Gasteiger partial charge in [-0.1, -0.05) is 72.8 Å². The molecular formula is C22H28OSi. The third-order valence-corrected chi connectivity index (χ3v) is 5.58. The van der Waals surface area contributed by atoms with E-state index < -0.39 is 8.32 Å². The fraction of sp³-hybridized carbons (Fsp3) is 0.364. The maximum atomic E-state index is 7.02. The van der Waals surface area contributed by atoms with Gasteiger partial charge in [-0.25, -0.2) is 0 Å². The summed E-state index contributed by atoms with van der Waals surface area (Å²) in [7, 11) is -1.78. The molecule has 2 aromatic carbocycles. The van der Waals surface area contributed by atoms with Crippen LogP contribution in [-0.4, -0.2) is 8.32 Å².